The summed E-state index contributed by atoms with van der Waals surface area (Å²) in [6.45, 7) is 15.0. The van der Waals surface area contributed by atoms with Crippen molar-refractivity contribution in [1.82, 2.24) is 0 Å². The monoisotopic (exact) mass is 933 g/mol. The maximum Gasteiger partial charge on any atom is 0.187 e. The largest absolute Gasteiger partial charge is 0.394 e. The second-order valence-electron chi connectivity index (χ2n) is 22.6. The molecule has 0 aromatic heterocycles. The fraction of sp³-hybridized carbons (Fsp3) is 0.957. The first-order chi connectivity index (χ1) is 30.3. The molecule has 3 saturated heterocycles. The third kappa shape index (κ3) is 8.72. The molecule has 0 aromatic carbocycles. The number of aliphatic hydroxyl groups excluding tert-OH is 12. The molecule has 0 bridgehead atoms. The minimum absolute atomic E-state index is 0.0828. The lowest BCUT2D eigenvalue weighted by Crippen LogP contribution is -2.71. The van der Waals surface area contributed by atoms with Crippen LogP contribution in [0.25, 0.3) is 0 Å². The minimum atomic E-state index is -1.73. The lowest BCUT2D eigenvalue weighted by Gasteiger charge is -2.72. The Morgan fingerprint density at radius 3 is 1.94 bits per heavy atom. The zero-order chi connectivity index (χ0) is 47.9. The molecule has 0 aromatic rings. The Hall–Kier alpha value is -0.980. The van der Waals surface area contributed by atoms with Gasteiger partial charge in [-0.15, -0.1) is 0 Å². The molecule has 0 spiro atoms. The fourth-order valence-corrected chi connectivity index (χ4v) is 14.6. The number of aliphatic hydroxyl groups is 12. The highest BCUT2D eigenvalue weighted by atomic mass is 16.8. The lowest BCUT2D eigenvalue weighted by atomic mass is 9.34. The average Bonchev–Trinajstić information content (AvgIpc) is 3.63. The Morgan fingerprint density at radius 1 is 0.692 bits per heavy atom. The van der Waals surface area contributed by atoms with E-state index in [9.17, 15) is 61.3 Å². The van der Waals surface area contributed by atoms with E-state index in [1.54, 1.807) is 0 Å². The van der Waals surface area contributed by atoms with Crippen molar-refractivity contribution in [2.75, 3.05) is 19.8 Å². The number of allylic oxidation sites excluding steroid dienone is 2. The van der Waals surface area contributed by atoms with E-state index in [0.29, 0.717) is 51.4 Å². The molecule has 7 aliphatic rings. The third-order valence-corrected chi connectivity index (χ3v) is 18.3. The van der Waals surface area contributed by atoms with E-state index in [4.69, 9.17) is 28.4 Å². The SMILES string of the molecule is CC(C)=CCC[C@](C)(O[C@@H]1O[C@H](CO)[C@@H](O)[C@H](O)[C@H]1O)C1CC[C@]2(C)C1[C@H](O)CC1[C@@]3(C)CC[C@H](O)C(C)(C)C3[C@@H](O[C@@H]3O[C@H](CO)[C@@H](O)[C@H](O)[C@H]3O[C@@H]3OC[C@@H](O)[C@H](O)[C@H]3O)C[C@]12C. The van der Waals surface area contributed by atoms with Crippen molar-refractivity contribution >= 4 is 0 Å². The van der Waals surface area contributed by atoms with Crippen molar-refractivity contribution in [3.05, 3.63) is 11.6 Å². The normalized spacial score (nSPS) is 53.0. The van der Waals surface area contributed by atoms with Gasteiger partial charge in [0, 0.05) is 0 Å². The Kier molecular flexibility index (Phi) is 15.1. The summed E-state index contributed by atoms with van der Waals surface area (Å²) in [6, 6.07) is 0. The molecule has 0 radical (unpaired) electrons. The van der Waals surface area contributed by atoms with Gasteiger partial charge in [0.15, 0.2) is 18.9 Å². The van der Waals surface area contributed by atoms with Crippen LogP contribution in [-0.2, 0) is 28.4 Å². The minimum Gasteiger partial charge on any atom is -0.394 e. The quantitative estimate of drug-likeness (QED) is 0.0874. The highest BCUT2D eigenvalue weighted by Gasteiger charge is 2.74. The van der Waals surface area contributed by atoms with Gasteiger partial charge in [0.05, 0.1) is 43.7 Å². The maximum atomic E-state index is 12.7. The predicted molar refractivity (Wildman–Crippen MR) is 229 cm³/mol. The summed E-state index contributed by atoms with van der Waals surface area (Å²) in [5, 5.41) is 131. The molecule has 65 heavy (non-hydrogen) atoms. The predicted octanol–water partition coefficient (Wildman–Crippen LogP) is -0.417. The molecule has 4 saturated carbocycles. The van der Waals surface area contributed by atoms with E-state index in [1.807, 2.05) is 34.6 Å². The third-order valence-electron chi connectivity index (χ3n) is 18.3. The maximum absolute atomic E-state index is 12.7. The average molecular weight is 933 g/mol. The number of hydrogen-bond acceptors (Lipinski definition) is 18. The van der Waals surface area contributed by atoms with Crippen molar-refractivity contribution in [1.29, 1.82) is 0 Å². The van der Waals surface area contributed by atoms with Crippen LogP contribution in [-0.4, -0.2) is 191 Å². The Balaban J connectivity index is 1.27. The molecule has 7 fully saturated rings. The number of ether oxygens (including phenoxy) is 6. The van der Waals surface area contributed by atoms with Gasteiger partial charge in [-0.25, -0.2) is 0 Å². The summed E-state index contributed by atoms with van der Waals surface area (Å²) in [5.41, 5.74) is -2.41. The molecule has 7 rings (SSSR count). The van der Waals surface area contributed by atoms with E-state index in [0.717, 1.165) is 5.57 Å². The Morgan fingerprint density at radius 2 is 1.31 bits per heavy atom. The second-order valence-corrected chi connectivity index (χ2v) is 22.6. The molecule has 376 valence electrons. The van der Waals surface area contributed by atoms with Crippen molar-refractivity contribution in [3.8, 4) is 0 Å². The molecular weight excluding hydrogens is 852 g/mol. The van der Waals surface area contributed by atoms with Crippen LogP contribution in [0.4, 0.5) is 0 Å². The van der Waals surface area contributed by atoms with Gasteiger partial charge in [0.1, 0.15) is 67.1 Å². The van der Waals surface area contributed by atoms with Crippen molar-refractivity contribution in [2.24, 2.45) is 45.3 Å². The van der Waals surface area contributed by atoms with Gasteiger partial charge >= 0.3 is 0 Å². The van der Waals surface area contributed by atoms with Gasteiger partial charge in [-0.1, -0.05) is 46.3 Å². The summed E-state index contributed by atoms with van der Waals surface area (Å²) in [6.07, 6.45) is -17.2. The van der Waals surface area contributed by atoms with Crippen LogP contribution in [0.2, 0.25) is 0 Å². The number of fused-ring (bicyclic) bond motifs is 5. The highest BCUT2D eigenvalue weighted by molar-refractivity contribution is 5.22. The summed E-state index contributed by atoms with van der Waals surface area (Å²) >= 11 is 0. The molecule has 3 heterocycles. The molecule has 0 amide bonds. The molecule has 3 aliphatic heterocycles. The van der Waals surface area contributed by atoms with Crippen LogP contribution in [0.1, 0.15) is 107 Å². The first kappa shape index (κ1) is 51.9. The molecule has 18 heteroatoms. The second kappa shape index (κ2) is 19.0. The summed E-state index contributed by atoms with van der Waals surface area (Å²) in [4.78, 5) is 0. The zero-order valence-electron chi connectivity index (χ0n) is 39.3. The summed E-state index contributed by atoms with van der Waals surface area (Å²) in [7, 11) is 0. The van der Waals surface area contributed by atoms with Gasteiger partial charge < -0.3 is 89.7 Å². The topological polar surface area (TPSA) is 298 Å². The smallest absolute Gasteiger partial charge is 0.187 e. The Bertz CT molecular complexity index is 1660. The van der Waals surface area contributed by atoms with Gasteiger partial charge in [0.25, 0.3) is 0 Å². The van der Waals surface area contributed by atoms with E-state index < -0.39 is 145 Å². The molecule has 12 N–H and O–H groups in total. The lowest BCUT2D eigenvalue weighted by molar-refractivity contribution is -0.377. The van der Waals surface area contributed by atoms with Gasteiger partial charge in [-0.05, 0) is 117 Å². The van der Waals surface area contributed by atoms with Crippen molar-refractivity contribution in [3.63, 3.8) is 0 Å². The number of rotatable bonds is 12. The fourth-order valence-electron chi connectivity index (χ4n) is 14.6. The number of hydrogen-bond donors (Lipinski definition) is 12. The van der Waals surface area contributed by atoms with E-state index in [2.05, 4.69) is 26.8 Å². The van der Waals surface area contributed by atoms with Gasteiger partial charge in [-0.3, -0.25) is 0 Å². The molecule has 4 unspecified atom stereocenters. The highest BCUT2D eigenvalue weighted by Crippen LogP contribution is 2.76. The van der Waals surface area contributed by atoms with E-state index in [1.165, 1.54) is 0 Å². The van der Waals surface area contributed by atoms with Crippen LogP contribution >= 0.6 is 0 Å². The molecule has 18 nitrogen and oxygen atoms in total. The zero-order valence-corrected chi connectivity index (χ0v) is 39.3. The van der Waals surface area contributed by atoms with Gasteiger partial charge in [-0.2, -0.15) is 0 Å². The van der Waals surface area contributed by atoms with Crippen LogP contribution in [0.15, 0.2) is 11.6 Å². The van der Waals surface area contributed by atoms with Crippen LogP contribution in [0.3, 0.4) is 0 Å². The Labute approximate surface area is 382 Å². The van der Waals surface area contributed by atoms with E-state index >= 15 is 0 Å². The van der Waals surface area contributed by atoms with Crippen LogP contribution in [0, 0.1) is 45.3 Å². The van der Waals surface area contributed by atoms with E-state index in [-0.39, 0.29) is 30.3 Å². The molecule has 4 aliphatic carbocycles. The first-order valence-electron chi connectivity index (χ1n) is 23.9. The standard InChI is InChI=1S/C47H80O18/c1-21(2)10-9-13-47(8,65-41-37(59)34(56)32(54)26(18-48)62-41)22-11-15-45(6)30(22)23(50)16-28-44(5)14-12-29(52)43(3,4)39(44)25(17-46(28,45)7)61-42-38(35(57)33(55)27(19-49)63-42)64-40-36(58)31(53)24(51)20-60-40/h10,22-42,48-59H,9,11-20H2,1-8H3/t22?,23-,24-,25+,26-,27-,28?,29+,30?,31+,32-,33-,34+,35+,36-,37-,38-,39?,40+,41+,42-,44-,45-,46-,47+/m1/s1. The van der Waals surface area contributed by atoms with Gasteiger partial charge in [0.2, 0.25) is 0 Å². The molecule has 25 atom stereocenters. The van der Waals surface area contributed by atoms with Crippen LogP contribution < -0.4 is 0 Å². The first-order valence-corrected chi connectivity index (χ1v) is 23.9. The van der Waals surface area contributed by atoms with Crippen molar-refractivity contribution in [2.45, 2.75) is 217 Å². The molecular formula is C47H80O18. The van der Waals surface area contributed by atoms with Crippen LogP contribution in [0.5, 0.6) is 0 Å². The summed E-state index contributed by atoms with van der Waals surface area (Å²) < 4.78 is 37.7. The van der Waals surface area contributed by atoms with Crippen molar-refractivity contribution < 1.29 is 89.7 Å². The summed E-state index contributed by atoms with van der Waals surface area (Å²) in [5.74, 6) is -1.11.